The van der Waals surface area contributed by atoms with E-state index in [0.29, 0.717) is 36.2 Å². The number of benzene rings is 2. The normalized spacial score (nSPS) is 15.9. The van der Waals surface area contributed by atoms with Crippen molar-refractivity contribution in [3.05, 3.63) is 60.4 Å². The summed E-state index contributed by atoms with van der Waals surface area (Å²) in [6.07, 6.45) is -0.0337. The second kappa shape index (κ2) is 10.6. The number of hydrogen-bond acceptors (Lipinski definition) is 7. The van der Waals surface area contributed by atoms with E-state index in [0.717, 1.165) is 17.4 Å². The molecular weight excluding hydrogens is 447 g/mol. The highest BCUT2D eigenvalue weighted by Crippen LogP contribution is 2.28. The fraction of sp³-hybridized carbons (Fsp3) is 0.304. The molecule has 8 nitrogen and oxygen atoms in total. The van der Waals surface area contributed by atoms with Gasteiger partial charge in [0.1, 0.15) is 5.82 Å². The number of halogens is 1. The molecule has 1 aliphatic rings. The number of morpholine rings is 1. The van der Waals surface area contributed by atoms with Gasteiger partial charge in [0.15, 0.2) is 17.6 Å². The molecule has 2 heterocycles. The highest BCUT2D eigenvalue weighted by Gasteiger charge is 2.23. The molecule has 0 aliphatic carbocycles. The summed E-state index contributed by atoms with van der Waals surface area (Å²) in [5, 5.41) is 8.96. The largest absolute Gasteiger partial charge is 0.455 e. The van der Waals surface area contributed by atoms with Crippen molar-refractivity contribution in [2.45, 2.75) is 18.2 Å². The van der Waals surface area contributed by atoms with Crippen LogP contribution >= 0.6 is 11.8 Å². The molecule has 0 bridgehead atoms. The van der Waals surface area contributed by atoms with Crippen LogP contribution in [0.4, 0.5) is 4.39 Å². The number of ether oxygens (including phenoxy) is 2. The number of nitrogens with zero attached hydrogens (tertiary/aromatic N) is 4. The highest BCUT2D eigenvalue weighted by molar-refractivity contribution is 7.99. The Morgan fingerprint density at radius 2 is 1.91 bits per heavy atom. The topological polar surface area (TPSA) is 86.5 Å². The first-order valence-electron chi connectivity index (χ1n) is 10.5. The van der Waals surface area contributed by atoms with E-state index in [9.17, 15) is 14.0 Å². The molecule has 1 atom stereocenters. The minimum Gasteiger partial charge on any atom is -0.455 e. The van der Waals surface area contributed by atoms with Gasteiger partial charge in [0.2, 0.25) is 0 Å². The first-order chi connectivity index (χ1) is 16.0. The summed E-state index contributed by atoms with van der Waals surface area (Å²) in [4.78, 5) is 26.2. The van der Waals surface area contributed by atoms with Crippen molar-refractivity contribution in [3.8, 4) is 17.1 Å². The molecule has 1 saturated heterocycles. The molecule has 172 valence electrons. The molecule has 1 fully saturated rings. The number of hydrogen-bond donors (Lipinski definition) is 0. The molecule has 0 spiro atoms. The van der Waals surface area contributed by atoms with E-state index in [2.05, 4.69) is 10.2 Å². The van der Waals surface area contributed by atoms with Crippen molar-refractivity contribution < 1.29 is 23.5 Å². The van der Waals surface area contributed by atoms with Crippen molar-refractivity contribution in [1.29, 1.82) is 0 Å². The summed E-state index contributed by atoms with van der Waals surface area (Å²) in [5.74, 6) is -0.631. The molecule has 0 radical (unpaired) electrons. The number of para-hydroxylation sites is 1. The average molecular weight is 471 g/mol. The molecule has 1 amide bonds. The summed E-state index contributed by atoms with van der Waals surface area (Å²) in [6, 6.07) is 15.4. The maximum absolute atomic E-state index is 13.4. The second-order valence-corrected chi connectivity index (χ2v) is 8.40. The standard InChI is InChI=1S/C23H23FN4O4S/c1-16-13-27(11-12-31-16)20(29)14-32-21(30)15-33-23-26-25-22(17-7-9-18(24)10-8-17)28(23)19-5-3-2-4-6-19/h2-10,16H,11-15H2,1H3. The fourth-order valence-electron chi connectivity index (χ4n) is 3.40. The van der Waals surface area contributed by atoms with Crippen LogP contribution in [0.5, 0.6) is 0 Å². The minimum atomic E-state index is -0.527. The fourth-order valence-corrected chi connectivity index (χ4v) is 4.15. The van der Waals surface area contributed by atoms with Crippen molar-refractivity contribution in [2.75, 3.05) is 32.1 Å². The van der Waals surface area contributed by atoms with Crippen LogP contribution in [0, 0.1) is 5.82 Å². The van der Waals surface area contributed by atoms with Gasteiger partial charge in [-0.3, -0.25) is 14.2 Å². The van der Waals surface area contributed by atoms with E-state index < -0.39 is 5.97 Å². The van der Waals surface area contributed by atoms with Crippen molar-refractivity contribution >= 4 is 23.6 Å². The van der Waals surface area contributed by atoms with Crippen LogP contribution in [-0.2, 0) is 19.1 Å². The average Bonchev–Trinajstić information content (AvgIpc) is 3.26. The van der Waals surface area contributed by atoms with Gasteiger partial charge in [-0.25, -0.2) is 4.39 Å². The lowest BCUT2D eigenvalue weighted by Crippen LogP contribution is -2.46. The summed E-state index contributed by atoms with van der Waals surface area (Å²) in [7, 11) is 0. The predicted molar refractivity (Wildman–Crippen MR) is 120 cm³/mol. The predicted octanol–water partition coefficient (Wildman–Crippen LogP) is 2.96. The zero-order chi connectivity index (χ0) is 23.2. The Balaban J connectivity index is 1.43. The van der Waals surface area contributed by atoms with Crippen molar-refractivity contribution in [3.63, 3.8) is 0 Å². The van der Waals surface area contributed by atoms with Gasteiger partial charge >= 0.3 is 5.97 Å². The molecule has 1 unspecified atom stereocenters. The van der Waals surface area contributed by atoms with Crippen molar-refractivity contribution in [1.82, 2.24) is 19.7 Å². The number of thioether (sulfide) groups is 1. The van der Waals surface area contributed by atoms with Crippen LogP contribution in [0.3, 0.4) is 0 Å². The number of esters is 1. The maximum atomic E-state index is 13.4. The second-order valence-electron chi connectivity index (χ2n) is 7.45. The van der Waals surface area contributed by atoms with Gasteiger partial charge in [-0.05, 0) is 43.3 Å². The molecule has 2 aromatic carbocycles. The first kappa shape index (κ1) is 22.9. The lowest BCUT2D eigenvalue weighted by atomic mass is 10.2. The van der Waals surface area contributed by atoms with E-state index in [1.54, 1.807) is 21.6 Å². The van der Waals surface area contributed by atoms with E-state index in [-0.39, 0.29) is 30.2 Å². The van der Waals surface area contributed by atoms with Crippen LogP contribution in [0.25, 0.3) is 17.1 Å². The number of aromatic nitrogens is 3. The van der Waals surface area contributed by atoms with Crippen LogP contribution in [0.15, 0.2) is 59.8 Å². The van der Waals surface area contributed by atoms with Crippen LogP contribution in [-0.4, -0.2) is 69.7 Å². The smallest absolute Gasteiger partial charge is 0.316 e. The van der Waals surface area contributed by atoms with Gasteiger partial charge < -0.3 is 14.4 Å². The van der Waals surface area contributed by atoms with Crippen LogP contribution in [0.1, 0.15) is 6.92 Å². The van der Waals surface area contributed by atoms with Gasteiger partial charge in [0.25, 0.3) is 5.91 Å². The quantitative estimate of drug-likeness (QED) is 0.388. The monoisotopic (exact) mass is 470 g/mol. The van der Waals surface area contributed by atoms with Gasteiger partial charge in [-0.15, -0.1) is 10.2 Å². The van der Waals surface area contributed by atoms with Gasteiger partial charge in [0.05, 0.1) is 18.5 Å². The van der Waals surface area contributed by atoms with E-state index >= 15 is 0 Å². The molecule has 1 aliphatic heterocycles. The lowest BCUT2D eigenvalue weighted by Gasteiger charge is -2.30. The van der Waals surface area contributed by atoms with E-state index in [1.165, 1.54) is 12.1 Å². The zero-order valence-electron chi connectivity index (χ0n) is 18.0. The zero-order valence-corrected chi connectivity index (χ0v) is 18.8. The van der Waals surface area contributed by atoms with E-state index in [1.807, 2.05) is 37.3 Å². The first-order valence-corrected chi connectivity index (χ1v) is 11.4. The Bertz CT molecular complexity index is 1110. The Morgan fingerprint density at radius 1 is 1.15 bits per heavy atom. The maximum Gasteiger partial charge on any atom is 0.316 e. The summed E-state index contributed by atoms with van der Waals surface area (Å²) >= 11 is 1.15. The SMILES string of the molecule is CC1CN(C(=O)COC(=O)CSc2nnc(-c3ccc(F)cc3)n2-c2ccccc2)CCO1. The number of carbonyl (C=O) groups is 2. The molecular formula is C23H23FN4O4S. The highest BCUT2D eigenvalue weighted by atomic mass is 32.2. The lowest BCUT2D eigenvalue weighted by molar-refractivity contribution is -0.153. The summed E-state index contributed by atoms with van der Waals surface area (Å²) in [6.45, 7) is 3.03. The number of rotatable bonds is 7. The third kappa shape index (κ3) is 5.77. The number of carbonyl (C=O) groups excluding carboxylic acids is 2. The van der Waals surface area contributed by atoms with Gasteiger partial charge in [-0.2, -0.15) is 0 Å². The summed E-state index contributed by atoms with van der Waals surface area (Å²) < 4.78 is 25.8. The van der Waals surface area contributed by atoms with Crippen molar-refractivity contribution in [2.24, 2.45) is 0 Å². The molecule has 1 aromatic heterocycles. The molecule has 0 N–H and O–H groups in total. The van der Waals surface area contributed by atoms with Crippen LogP contribution < -0.4 is 0 Å². The molecule has 33 heavy (non-hydrogen) atoms. The third-order valence-corrected chi connectivity index (χ3v) is 5.92. The third-order valence-electron chi connectivity index (χ3n) is 5.02. The number of amides is 1. The molecule has 3 aromatic rings. The Kier molecular flexibility index (Phi) is 7.36. The van der Waals surface area contributed by atoms with Gasteiger partial charge in [0, 0.05) is 24.3 Å². The molecule has 0 saturated carbocycles. The Morgan fingerprint density at radius 3 is 2.64 bits per heavy atom. The van der Waals surface area contributed by atoms with Gasteiger partial charge in [-0.1, -0.05) is 30.0 Å². The summed E-state index contributed by atoms with van der Waals surface area (Å²) in [5.41, 5.74) is 1.49. The molecule has 10 heteroatoms. The Labute approximate surface area is 194 Å². The molecule has 4 rings (SSSR count). The van der Waals surface area contributed by atoms with Crippen LogP contribution in [0.2, 0.25) is 0 Å². The minimum absolute atomic E-state index is 0.0337. The van der Waals surface area contributed by atoms with E-state index in [4.69, 9.17) is 9.47 Å². The Hall–Kier alpha value is -3.24.